The van der Waals surface area contributed by atoms with E-state index in [1.165, 1.54) is 7.11 Å². The summed E-state index contributed by atoms with van der Waals surface area (Å²) in [7, 11) is 127. The number of benzene rings is 3. The highest BCUT2D eigenvalue weighted by atomic mass is 35.5. The Balaban J connectivity index is 0.000000605. The normalized spacial score (nSPS) is 18.0. The molecule has 3 aromatic carbocycles. The van der Waals surface area contributed by atoms with Gasteiger partial charge in [0.05, 0.1) is 37.2 Å². The summed E-state index contributed by atoms with van der Waals surface area (Å²) in [5.41, 5.74) is 2.76. The van der Waals surface area contributed by atoms with E-state index in [9.17, 15) is 18.0 Å². The zero-order valence-corrected chi connectivity index (χ0v) is 124. The Morgan fingerprint density at radius 3 is 1.19 bits per heavy atom. The number of ether oxygens (including phenoxy) is 2. The number of carbonyl (C=O) groups is 2. The first-order valence-electron chi connectivity index (χ1n) is 29.9. The first-order chi connectivity index (χ1) is 50.9. The topological polar surface area (TPSA) is 90.0 Å². The molecule has 0 amide bonds. The van der Waals surface area contributed by atoms with Crippen molar-refractivity contribution >= 4 is 548 Å². The summed E-state index contributed by atoms with van der Waals surface area (Å²) in [6, 6.07) is 22.6. The van der Waals surface area contributed by atoms with E-state index < -0.39 is 131 Å². The molecule has 0 aliphatic carbocycles. The van der Waals surface area contributed by atoms with Crippen molar-refractivity contribution in [3.05, 3.63) is 112 Å². The predicted octanol–water partition coefficient (Wildman–Crippen LogP) is 42.3. The highest BCUT2D eigenvalue weighted by Gasteiger charge is 2.62. The molecule has 0 saturated heterocycles. The molecule has 1 aliphatic heterocycles. The second-order valence-corrected chi connectivity index (χ2v) is 277. The lowest BCUT2D eigenvalue weighted by atomic mass is 9.87. The van der Waals surface area contributed by atoms with Crippen molar-refractivity contribution in [2.75, 3.05) is 20.3 Å². The number of hydrogen-bond donors (Lipinski definition) is 0. The highest BCUT2D eigenvalue weighted by molar-refractivity contribution is 9.55. The van der Waals surface area contributed by atoms with Gasteiger partial charge in [0.1, 0.15) is 36.0 Å². The van der Waals surface area contributed by atoms with Crippen molar-refractivity contribution in [3.63, 3.8) is 0 Å². The lowest BCUT2D eigenvalue weighted by Gasteiger charge is -2.61. The summed E-state index contributed by atoms with van der Waals surface area (Å²) in [5, 5.41) is 0.551. The summed E-state index contributed by atoms with van der Waals surface area (Å²) < 4.78 is 41.4. The molecule has 7 nitrogen and oxygen atoms in total. The maximum absolute atomic E-state index is 14.4. The number of sulfonamides is 1. The number of aryl methyl sites for hydroxylation is 1. The first-order valence-corrected chi connectivity index (χ1v) is 144. The van der Waals surface area contributed by atoms with Crippen LogP contribution in [0.3, 0.4) is 0 Å². The molecule has 1 heterocycles. The number of esters is 1. The monoisotopic (exact) mass is 2640 g/mol. The van der Waals surface area contributed by atoms with Gasteiger partial charge in [0.15, 0.2) is 0 Å². The SMILES string of the molecule is COC(=O)[C@@H](CC(=O)CCOCC1=C[C@@H](C(C)(C)C)N(S(=O)(=O)c2ccccc2C)[C@H]1c1ccc(Cl)cc1)Cc1ccccc1.[B]PP([B])P(P(P)P)P(P(P(P)P)P(P)P)P(P(P(P(P)P)P(P)P)P(P(P)P)P(P)P)P(P(P(P(P)P)P(P)P)P(P(P)P)P(P)P)P(P(P(P)P)P(P)P)P(P(P)P)P(P)P([B])[B]. The smallest absolute Gasteiger partial charge is 0.309 e. The summed E-state index contributed by atoms with van der Waals surface area (Å²) in [6.45, 7) is -3.47. The molecule has 0 fully saturated rings. The van der Waals surface area contributed by atoms with Crippen molar-refractivity contribution in [2.24, 2.45) is 11.3 Å². The summed E-state index contributed by atoms with van der Waals surface area (Å²) in [4.78, 5) is 25.6. The number of ketones is 1. The quantitative estimate of drug-likeness (QED) is 0.0184. The average Bonchev–Trinajstić information content (AvgIpc) is 1.29. The second-order valence-electron chi connectivity index (χ2n) is 22.8. The molecule has 3 aromatic rings. The molecule has 0 spiro atoms. The third-order valence-corrected chi connectivity index (χ3v) is 447. The molecule has 8 radical (unpaired) electrons. The van der Waals surface area contributed by atoms with E-state index in [0.717, 1.165) is 16.7 Å². The zero-order chi connectivity index (χ0) is 84.4. The van der Waals surface area contributed by atoms with Crippen LogP contribution in [-0.4, -0.2) is 81.1 Å². The predicted molar refractivity (Wildman–Crippen MR) is 704 cm³/mol. The first kappa shape index (κ1) is 127. The molecule has 38 unspecified atom stereocenters. The van der Waals surface area contributed by atoms with E-state index in [4.69, 9.17) is 51.3 Å². The van der Waals surface area contributed by atoms with E-state index in [-0.39, 0.29) is 163 Å². The van der Waals surface area contributed by atoms with Crippen LogP contribution in [0.5, 0.6) is 0 Å². The van der Waals surface area contributed by atoms with Gasteiger partial charge in [0.25, 0.3) is 0 Å². The van der Waals surface area contributed by atoms with E-state index in [1.54, 1.807) is 41.6 Å². The fourth-order valence-electron chi connectivity index (χ4n) is 9.59. The largest absolute Gasteiger partial charge is 0.469 e. The van der Waals surface area contributed by atoms with Gasteiger partial charge in [-0.2, -0.15) is 19.8 Å². The van der Waals surface area contributed by atoms with Crippen LogP contribution in [0.4, 0.5) is 0 Å². The standard InChI is InChI=1S/C36H42ClNO6S.B4H59P61/c1-25-11-9-10-14-32(25)45(41,42)38-33(36(2,3)4)23-29(34(38)27-15-17-30(37)18-16-27)24-44-20-19-31(39)22-28(35(40)43-5)21-26-12-7-6-8-13-26;1-34-36(4)52(37(5)6)60(53(38(7)8)39(9)10)64(61(54(40(11)12)41(13)14)55(42(15)16)43(17)18)65(62(56(44(19)20)45(21)22)57(46(23)24)47(25)26)63(58(48(27)28)49(29)30)59(50(31)32)51(33)35(2)3/h6-18,23,28,33-34H,19-22,24H2,1-5H3;34H,5-33H2/t28-,33+,34+;/m1./s1. The number of hydrogen-bond acceptors (Lipinski definition) is 6. The number of carbonyl (C=O) groups excluding carboxylic acids is 2. The van der Waals surface area contributed by atoms with E-state index in [1.807, 2.05) is 75.4 Å². The number of halogens is 1. The van der Waals surface area contributed by atoms with Gasteiger partial charge in [-0.05, 0) is 262 Å². The lowest BCUT2D eigenvalue weighted by molar-refractivity contribution is -0.147. The minimum Gasteiger partial charge on any atom is -0.469 e. The average molecular weight is 2640 g/mol. The minimum atomic E-state index is -3.94. The molecular weight excluding hydrogens is 2540 g/mol. The van der Waals surface area contributed by atoms with Crippen LogP contribution in [0, 0.1) is 18.3 Å². The number of rotatable bonds is 44. The van der Waals surface area contributed by atoms with E-state index in [2.05, 4.69) is 259 Å². The zero-order valence-electron chi connectivity index (χ0n) is 59.9. The lowest BCUT2D eigenvalue weighted by Crippen LogP contribution is -2.45. The van der Waals surface area contributed by atoms with Gasteiger partial charge in [0, 0.05) is 23.9 Å². The molecule has 0 aromatic heterocycles. The Morgan fingerprint density at radius 2 is 0.855 bits per heavy atom. The Bertz CT molecular complexity index is 3280. The van der Waals surface area contributed by atoms with Crippen molar-refractivity contribution < 1.29 is 27.5 Å². The Labute approximate surface area is 777 Å². The molecule has 616 valence electrons. The van der Waals surface area contributed by atoms with Gasteiger partial charge in [-0.1, -0.05) is 99.1 Å². The van der Waals surface area contributed by atoms with Crippen LogP contribution in [0.25, 0.3) is 0 Å². The molecule has 4 rings (SSSR count). The van der Waals surface area contributed by atoms with Gasteiger partial charge in [-0.25, -0.2) is 8.42 Å². The Morgan fingerprint density at radius 1 is 0.509 bits per heavy atom. The molecule has 74 heteroatoms. The van der Waals surface area contributed by atoms with Gasteiger partial charge in [-0.3, -0.25) is 9.59 Å². The fourth-order valence-corrected chi connectivity index (χ4v) is 897. The maximum atomic E-state index is 14.4. The third-order valence-electron chi connectivity index (χ3n) is 13.8. The molecule has 0 saturated carbocycles. The second kappa shape index (κ2) is 65.6. The summed E-state index contributed by atoms with van der Waals surface area (Å²) in [5.74, 6) is -1.10. The number of nitrogens with zero attached hydrogens (tertiary/aromatic N) is 1. The van der Waals surface area contributed by atoms with Crippen LogP contribution >= 0.6 is 496 Å². The molecule has 1 aliphatic rings. The van der Waals surface area contributed by atoms with Crippen molar-refractivity contribution in [2.45, 2.75) is 63.9 Å². The van der Waals surface area contributed by atoms with Gasteiger partial charge in [0.2, 0.25) is 10.0 Å². The van der Waals surface area contributed by atoms with E-state index in [0.29, 0.717) is 25.2 Å². The molecule has 110 heavy (non-hydrogen) atoms. The van der Waals surface area contributed by atoms with Crippen LogP contribution in [-0.2, 0) is 35.5 Å². The minimum absolute atomic E-state index is 0.0512. The molecule has 41 atom stereocenters. The molecular formula is C36H101B4ClNO6P61S. The van der Waals surface area contributed by atoms with Crippen molar-refractivity contribution in [3.8, 4) is 0 Å². The number of methoxy groups -OCH3 is 1. The number of Topliss-reactive ketones (excluding diaryl/α,β-unsaturated/α-hetero) is 1. The molecule has 0 bridgehead atoms. The Kier molecular flexibility index (Phi) is 76.0. The van der Waals surface area contributed by atoms with Gasteiger partial charge in [-0.15, -0.1) is 266 Å². The maximum Gasteiger partial charge on any atom is 0.309 e. The third kappa shape index (κ3) is 40.9. The highest BCUT2D eigenvalue weighted by Crippen LogP contribution is 3.49. The Hall–Kier alpha value is 23.2. The summed E-state index contributed by atoms with van der Waals surface area (Å²) >= 11 is 6.21. The van der Waals surface area contributed by atoms with Crippen LogP contribution in [0.2, 0.25) is 5.02 Å². The van der Waals surface area contributed by atoms with Crippen LogP contribution in [0.15, 0.2) is 95.4 Å². The van der Waals surface area contributed by atoms with Gasteiger partial charge >= 0.3 is 5.97 Å². The van der Waals surface area contributed by atoms with E-state index >= 15 is 0 Å². The fraction of sp³-hybridized carbons (Fsp3) is 0.389. The van der Waals surface area contributed by atoms with Gasteiger partial charge < -0.3 is 9.47 Å². The summed E-state index contributed by atoms with van der Waals surface area (Å²) in [6.07, 6.45) is 2.57. The van der Waals surface area contributed by atoms with Crippen LogP contribution in [0.1, 0.15) is 56.3 Å². The van der Waals surface area contributed by atoms with Crippen molar-refractivity contribution in [1.29, 1.82) is 0 Å². The van der Waals surface area contributed by atoms with Crippen LogP contribution < -0.4 is 0 Å². The molecule has 0 N–H and O–H groups in total. The van der Waals surface area contributed by atoms with Crippen molar-refractivity contribution in [1.82, 2.24) is 4.31 Å².